The molecule has 2 N–H and O–H groups in total. The highest BCUT2D eigenvalue weighted by molar-refractivity contribution is 5.94. The molecule has 3 heterocycles. The summed E-state index contributed by atoms with van der Waals surface area (Å²) in [5.41, 5.74) is 2.38. The van der Waals surface area contributed by atoms with Gasteiger partial charge in [0.1, 0.15) is 11.7 Å². The number of carbonyl (C=O) groups is 1. The van der Waals surface area contributed by atoms with Gasteiger partial charge >= 0.3 is 0 Å². The van der Waals surface area contributed by atoms with Crippen molar-refractivity contribution in [3.8, 4) is 0 Å². The Morgan fingerprint density at radius 1 is 1.35 bits per heavy atom. The maximum atomic E-state index is 13.6. The third-order valence-electron chi connectivity index (χ3n) is 6.59. The van der Waals surface area contributed by atoms with Crippen LogP contribution in [0.15, 0.2) is 40.0 Å². The predicted octanol–water partition coefficient (Wildman–Crippen LogP) is 2.42. The molecule has 2 aliphatic heterocycles. The molecule has 4 atom stereocenters. The number of hydrogen-bond donors (Lipinski definition) is 2. The average Bonchev–Trinajstić information content (AvgIpc) is 3.51. The summed E-state index contributed by atoms with van der Waals surface area (Å²) >= 11 is 0. The molecule has 31 heavy (non-hydrogen) atoms. The lowest BCUT2D eigenvalue weighted by Gasteiger charge is -2.30. The number of β-amino-alcohol motifs (C(OH)–C–C–N with tert-alkyl or cyclic N) is 1. The molecule has 2 aromatic rings. The normalized spacial score (nSPS) is 27.9. The molecule has 164 valence electrons. The number of aliphatic hydroxyl groups excluding tert-OH is 1. The molecule has 3 aliphatic rings. The van der Waals surface area contributed by atoms with Crippen LogP contribution in [0, 0.1) is 12.8 Å². The van der Waals surface area contributed by atoms with Crippen molar-refractivity contribution >= 4 is 11.7 Å². The first-order valence-corrected chi connectivity index (χ1v) is 10.9. The predicted molar refractivity (Wildman–Crippen MR) is 113 cm³/mol. The molecule has 0 bridgehead atoms. The monoisotopic (exact) mass is 424 g/mol. The van der Waals surface area contributed by atoms with Crippen molar-refractivity contribution in [1.29, 1.82) is 0 Å². The summed E-state index contributed by atoms with van der Waals surface area (Å²) < 4.78 is 5.44. The van der Waals surface area contributed by atoms with E-state index in [2.05, 4.69) is 27.8 Å². The molecule has 0 radical (unpaired) electrons. The molecule has 8 heteroatoms. The summed E-state index contributed by atoms with van der Waals surface area (Å²) in [6.45, 7) is 6.07. The number of amides is 1. The van der Waals surface area contributed by atoms with Crippen LogP contribution in [-0.2, 0) is 21.8 Å². The molecule has 1 saturated heterocycles. The van der Waals surface area contributed by atoms with E-state index in [1.54, 1.807) is 4.90 Å². The van der Waals surface area contributed by atoms with Gasteiger partial charge in [-0.3, -0.25) is 4.79 Å². The summed E-state index contributed by atoms with van der Waals surface area (Å²) in [5, 5.41) is 22.2. The fraction of sp³-hybridized carbons (Fsp3) is 0.522. The first-order chi connectivity index (χ1) is 14.9. The van der Waals surface area contributed by atoms with Crippen LogP contribution in [0.2, 0.25) is 0 Å². The second kappa shape index (κ2) is 7.37. The lowest BCUT2D eigenvalue weighted by molar-refractivity contribution is -0.134. The molecule has 1 aromatic carbocycles. The zero-order valence-corrected chi connectivity index (χ0v) is 18.0. The van der Waals surface area contributed by atoms with Gasteiger partial charge in [-0.1, -0.05) is 48.4 Å². The highest BCUT2D eigenvalue weighted by atomic mass is 16.7. The Balaban J connectivity index is 1.40. The maximum Gasteiger partial charge on any atom is 0.235 e. The van der Waals surface area contributed by atoms with Crippen molar-refractivity contribution in [3.63, 3.8) is 0 Å². The highest BCUT2D eigenvalue weighted by Crippen LogP contribution is 2.41. The van der Waals surface area contributed by atoms with Gasteiger partial charge in [0.05, 0.1) is 17.8 Å². The SMILES string of the molecule is Cc1cc([C@H](C(=O)N2C[C@H](O)C[C@H]2C2=NO[C@@]3(CCc4ccccc43)N2)C(C)C)on1. The molecule has 1 amide bonds. The standard InChI is InChI=1S/C23H28N4O4/c1-13(2)20(19-10-14(3)25-30-19)22(29)27-12-16(28)11-18(27)21-24-23(31-26-21)9-8-15-6-4-5-7-17(15)23/h4-7,10,13,16,18,20,28H,8-9,11-12H2,1-3H3,(H,24,26)/t16-,18+,20-,23-/m1/s1. The summed E-state index contributed by atoms with van der Waals surface area (Å²) in [6.07, 6.45) is 1.48. The molecule has 5 rings (SSSR count). The van der Waals surface area contributed by atoms with Gasteiger partial charge in [-0.15, -0.1) is 0 Å². The lowest BCUT2D eigenvalue weighted by atomic mass is 9.91. The number of nitrogens with one attached hydrogen (secondary N) is 1. The number of aliphatic hydroxyl groups is 1. The van der Waals surface area contributed by atoms with Gasteiger partial charge in [-0.2, -0.15) is 0 Å². The van der Waals surface area contributed by atoms with Crippen LogP contribution in [0.4, 0.5) is 0 Å². The number of rotatable bonds is 4. The Morgan fingerprint density at radius 3 is 2.90 bits per heavy atom. The lowest BCUT2D eigenvalue weighted by Crippen LogP contribution is -2.50. The number of likely N-dealkylation sites (tertiary alicyclic amines) is 1. The van der Waals surface area contributed by atoms with Crippen molar-refractivity contribution in [2.75, 3.05) is 6.54 Å². The first kappa shape index (κ1) is 20.1. The molecular weight excluding hydrogens is 396 g/mol. The second-order valence-corrected chi connectivity index (χ2v) is 9.17. The average molecular weight is 425 g/mol. The fourth-order valence-corrected chi connectivity index (χ4v) is 5.09. The van der Waals surface area contributed by atoms with Gasteiger partial charge in [0, 0.05) is 31.0 Å². The quantitative estimate of drug-likeness (QED) is 0.782. The number of hydrogen-bond acceptors (Lipinski definition) is 7. The number of aromatic nitrogens is 1. The van der Waals surface area contributed by atoms with Gasteiger partial charge in [-0.05, 0) is 24.8 Å². The molecule has 1 fully saturated rings. The fourth-order valence-electron chi connectivity index (χ4n) is 5.09. The molecule has 0 saturated carbocycles. The number of benzene rings is 1. The zero-order chi connectivity index (χ0) is 21.8. The summed E-state index contributed by atoms with van der Waals surface area (Å²) in [7, 11) is 0. The van der Waals surface area contributed by atoms with Crippen molar-refractivity contribution in [1.82, 2.24) is 15.4 Å². The van der Waals surface area contributed by atoms with Crippen molar-refractivity contribution < 1.29 is 19.3 Å². The van der Waals surface area contributed by atoms with E-state index in [0.29, 0.717) is 18.0 Å². The van der Waals surface area contributed by atoms with Gasteiger partial charge in [0.25, 0.3) is 0 Å². The van der Waals surface area contributed by atoms with Crippen molar-refractivity contribution in [2.45, 2.75) is 63.8 Å². The molecule has 1 spiro atoms. The number of fused-ring (bicyclic) bond motifs is 2. The Hall–Kier alpha value is -2.87. The first-order valence-electron chi connectivity index (χ1n) is 10.9. The van der Waals surface area contributed by atoms with E-state index in [-0.39, 0.29) is 24.4 Å². The number of oxime groups is 1. The van der Waals surface area contributed by atoms with Crippen LogP contribution in [0.3, 0.4) is 0 Å². The van der Waals surface area contributed by atoms with E-state index >= 15 is 0 Å². The highest BCUT2D eigenvalue weighted by Gasteiger charge is 2.50. The van der Waals surface area contributed by atoms with Crippen molar-refractivity contribution in [3.05, 3.63) is 52.9 Å². The van der Waals surface area contributed by atoms with Gasteiger partial charge in [0.15, 0.2) is 5.84 Å². The zero-order valence-electron chi connectivity index (χ0n) is 18.0. The van der Waals surface area contributed by atoms with E-state index in [4.69, 9.17) is 9.36 Å². The number of nitrogens with zero attached hydrogens (tertiary/aromatic N) is 3. The Bertz CT molecular complexity index is 1030. The number of carbonyl (C=O) groups excluding carboxylic acids is 1. The van der Waals surface area contributed by atoms with E-state index in [9.17, 15) is 9.90 Å². The van der Waals surface area contributed by atoms with E-state index in [1.807, 2.05) is 39.0 Å². The molecule has 8 nitrogen and oxygen atoms in total. The van der Waals surface area contributed by atoms with Crippen LogP contribution >= 0.6 is 0 Å². The molecular formula is C23H28N4O4. The third-order valence-corrected chi connectivity index (χ3v) is 6.59. The Morgan fingerprint density at radius 2 is 2.16 bits per heavy atom. The summed E-state index contributed by atoms with van der Waals surface area (Å²) in [6, 6.07) is 9.62. The van der Waals surface area contributed by atoms with Crippen LogP contribution in [0.1, 0.15) is 55.2 Å². The van der Waals surface area contributed by atoms with E-state index in [1.165, 1.54) is 5.56 Å². The second-order valence-electron chi connectivity index (χ2n) is 9.17. The van der Waals surface area contributed by atoms with Gasteiger partial charge in [-0.25, -0.2) is 0 Å². The maximum absolute atomic E-state index is 13.6. The van der Waals surface area contributed by atoms with E-state index < -0.39 is 17.7 Å². The van der Waals surface area contributed by atoms with Crippen LogP contribution in [0.5, 0.6) is 0 Å². The van der Waals surface area contributed by atoms with Crippen LogP contribution < -0.4 is 5.32 Å². The van der Waals surface area contributed by atoms with Crippen molar-refractivity contribution in [2.24, 2.45) is 11.1 Å². The summed E-state index contributed by atoms with van der Waals surface area (Å²) in [5.74, 6) is 0.596. The minimum atomic E-state index is -0.687. The topological polar surface area (TPSA) is 100 Å². The molecule has 1 aromatic heterocycles. The van der Waals surface area contributed by atoms with Gasteiger partial charge in [0.2, 0.25) is 11.6 Å². The third kappa shape index (κ3) is 3.29. The molecule has 1 aliphatic carbocycles. The summed E-state index contributed by atoms with van der Waals surface area (Å²) in [4.78, 5) is 21.3. The van der Waals surface area contributed by atoms with Gasteiger partial charge < -0.3 is 24.7 Å². The van der Waals surface area contributed by atoms with E-state index in [0.717, 1.165) is 24.1 Å². The minimum Gasteiger partial charge on any atom is -0.391 e. The van der Waals surface area contributed by atoms with Crippen LogP contribution in [-0.4, -0.2) is 45.6 Å². The molecule has 0 unspecified atom stereocenters. The minimum absolute atomic E-state index is 0.0148. The Kier molecular flexibility index (Phi) is 4.77. The Labute approximate surface area is 181 Å². The largest absolute Gasteiger partial charge is 0.391 e. The smallest absolute Gasteiger partial charge is 0.235 e. The van der Waals surface area contributed by atoms with Crippen LogP contribution in [0.25, 0.3) is 0 Å². The number of aryl methyl sites for hydroxylation is 2. The number of amidine groups is 1.